The summed E-state index contributed by atoms with van der Waals surface area (Å²) < 4.78 is 11.4. The first-order chi connectivity index (χ1) is 14.9. The van der Waals surface area contributed by atoms with Gasteiger partial charge in [0.25, 0.3) is 0 Å². The summed E-state index contributed by atoms with van der Waals surface area (Å²) in [6.45, 7) is 14.8. The smallest absolute Gasteiger partial charge is 0.308 e. The Morgan fingerprint density at radius 3 is 2.29 bits per heavy atom. The Bertz CT molecular complexity index is 859. The second-order valence-electron chi connectivity index (χ2n) is 8.52. The largest absolute Gasteiger partial charge is 0.493 e. The van der Waals surface area contributed by atoms with Crippen LogP contribution in [-0.2, 0) is 11.3 Å². The standard InChI is InChI=1S/C26H36N2O3/c1-20-18-25(21(2)22(3)26(20)31-23(4)29)30-17-9-8-12-27-13-15-28(16-14-27)19-24-10-6-5-7-11-24/h5-7,10-11,18H,8-9,12-17,19H2,1-4H3. The van der Waals surface area contributed by atoms with Crippen molar-refractivity contribution in [2.75, 3.05) is 39.3 Å². The molecule has 1 saturated heterocycles. The number of esters is 1. The zero-order valence-electron chi connectivity index (χ0n) is 19.4. The van der Waals surface area contributed by atoms with E-state index in [1.54, 1.807) is 0 Å². The average molecular weight is 425 g/mol. The molecule has 3 rings (SSSR count). The lowest BCUT2D eigenvalue weighted by Gasteiger charge is -2.34. The molecule has 0 spiro atoms. The molecule has 1 fully saturated rings. The summed E-state index contributed by atoms with van der Waals surface area (Å²) in [5.74, 6) is 1.25. The molecule has 1 aliphatic rings. The summed E-state index contributed by atoms with van der Waals surface area (Å²) in [7, 11) is 0. The average Bonchev–Trinajstić information content (AvgIpc) is 2.76. The van der Waals surface area contributed by atoms with Crippen molar-refractivity contribution < 1.29 is 14.3 Å². The van der Waals surface area contributed by atoms with Gasteiger partial charge in [-0.25, -0.2) is 0 Å². The van der Waals surface area contributed by atoms with E-state index in [1.807, 2.05) is 26.8 Å². The van der Waals surface area contributed by atoms with Gasteiger partial charge in [-0.1, -0.05) is 30.3 Å². The van der Waals surface area contributed by atoms with Crippen molar-refractivity contribution in [2.24, 2.45) is 0 Å². The van der Waals surface area contributed by atoms with Crippen LogP contribution in [0, 0.1) is 20.8 Å². The van der Waals surface area contributed by atoms with Crippen LogP contribution in [0.25, 0.3) is 0 Å². The zero-order chi connectivity index (χ0) is 22.2. The third-order valence-corrected chi connectivity index (χ3v) is 6.06. The Balaban J connectivity index is 1.36. The molecule has 2 aromatic carbocycles. The van der Waals surface area contributed by atoms with Crippen molar-refractivity contribution in [3.8, 4) is 11.5 Å². The Morgan fingerprint density at radius 2 is 1.61 bits per heavy atom. The van der Waals surface area contributed by atoms with Crippen molar-refractivity contribution in [2.45, 2.75) is 47.1 Å². The molecular formula is C26H36N2O3. The maximum atomic E-state index is 11.3. The normalized spacial score (nSPS) is 15.1. The molecule has 0 amide bonds. The first-order valence-corrected chi connectivity index (χ1v) is 11.3. The number of aryl methyl sites for hydroxylation is 1. The van der Waals surface area contributed by atoms with E-state index in [-0.39, 0.29) is 5.97 Å². The Kier molecular flexibility index (Phi) is 8.50. The number of hydrogen-bond acceptors (Lipinski definition) is 5. The molecule has 5 heteroatoms. The van der Waals surface area contributed by atoms with E-state index in [9.17, 15) is 4.79 Å². The summed E-state index contributed by atoms with van der Waals surface area (Å²) in [6.07, 6.45) is 2.18. The lowest BCUT2D eigenvalue weighted by molar-refractivity contribution is -0.131. The lowest BCUT2D eigenvalue weighted by Crippen LogP contribution is -2.46. The number of nitrogens with zero attached hydrogens (tertiary/aromatic N) is 2. The summed E-state index contributed by atoms with van der Waals surface area (Å²) in [4.78, 5) is 16.4. The SMILES string of the molecule is CC(=O)Oc1c(C)cc(OCCCCN2CCN(Cc3ccccc3)CC2)c(C)c1C. The molecule has 0 aromatic heterocycles. The molecule has 0 bridgehead atoms. The third kappa shape index (κ3) is 6.81. The fourth-order valence-electron chi connectivity index (χ4n) is 4.10. The molecular weight excluding hydrogens is 388 g/mol. The lowest BCUT2D eigenvalue weighted by atomic mass is 10.0. The molecule has 2 aromatic rings. The van der Waals surface area contributed by atoms with E-state index in [1.165, 1.54) is 12.5 Å². The number of benzene rings is 2. The van der Waals surface area contributed by atoms with Crippen LogP contribution in [0.2, 0.25) is 0 Å². The Labute approximate surface area is 187 Å². The van der Waals surface area contributed by atoms with E-state index in [0.717, 1.165) is 74.6 Å². The van der Waals surface area contributed by atoms with Crippen LogP contribution >= 0.6 is 0 Å². The second-order valence-corrected chi connectivity index (χ2v) is 8.52. The van der Waals surface area contributed by atoms with Gasteiger partial charge in [0.1, 0.15) is 11.5 Å². The summed E-state index contributed by atoms with van der Waals surface area (Å²) in [5, 5.41) is 0. The van der Waals surface area contributed by atoms with Crippen molar-refractivity contribution >= 4 is 5.97 Å². The number of rotatable bonds is 9. The molecule has 0 unspecified atom stereocenters. The maximum Gasteiger partial charge on any atom is 0.308 e. The van der Waals surface area contributed by atoms with Gasteiger partial charge in [0.05, 0.1) is 6.61 Å². The molecule has 0 aliphatic carbocycles. The second kappa shape index (κ2) is 11.3. The van der Waals surface area contributed by atoms with Crippen molar-refractivity contribution in [1.29, 1.82) is 0 Å². The summed E-state index contributed by atoms with van der Waals surface area (Å²) >= 11 is 0. The molecule has 0 N–H and O–H groups in total. The summed E-state index contributed by atoms with van der Waals surface area (Å²) in [6, 6.07) is 12.7. The van der Waals surface area contributed by atoms with Crippen molar-refractivity contribution in [3.05, 3.63) is 58.7 Å². The predicted molar refractivity (Wildman–Crippen MR) is 125 cm³/mol. The van der Waals surface area contributed by atoms with Gasteiger partial charge >= 0.3 is 5.97 Å². The van der Waals surface area contributed by atoms with E-state index in [4.69, 9.17) is 9.47 Å². The number of piperazine rings is 1. The molecule has 0 saturated carbocycles. The first kappa shape index (κ1) is 23.3. The highest BCUT2D eigenvalue weighted by Gasteiger charge is 2.17. The van der Waals surface area contributed by atoms with E-state index in [2.05, 4.69) is 40.1 Å². The number of carbonyl (C=O) groups excluding carboxylic acids is 1. The zero-order valence-corrected chi connectivity index (χ0v) is 19.4. The minimum atomic E-state index is -0.292. The van der Waals surface area contributed by atoms with Crippen LogP contribution in [0.1, 0.15) is 42.0 Å². The van der Waals surface area contributed by atoms with Gasteiger partial charge in [-0.3, -0.25) is 9.69 Å². The van der Waals surface area contributed by atoms with E-state index in [0.29, 0.717) is 12.4 Å². The van der Waals surface area contributed by atoms with Crippen LogP contribution in [0.5, 0.6) is 11.5 Å². The molecule has 31 heavy (non-hydrogen) atoms. The number of hydrogen-bond donors (Lipinski definition) is 0. The van der Waals surface area contributed by atoms with Gasteiger partial charge in [0.2, 0.25) is 0 Å². The van der Waals surface area contributed by atoms with Crippen LogP contribution in [0.3, 0.4) is 0 Å². The quantitative estimate of drug-likeness (QED) is 0.336. The van der Waals surface area contributed by atoms with Crippen molar-refractivity contribution in [3.63, 3.8) is 0 Å². The van der Waals surface area contributed by atoms with Gasteiger partial charge in [-0.2, -0.15) is 0 Å². The van der Waals surface area contributed by atoms with Crippen LogP contribution in [0.4, 0.5) is 0 Å². The highest BCUT2D eigenvalue weighted by Crippen LogP contribution is 2.33. The van der Waals surface area contributed by atoms with Gasteiger partial charge in [0.15, 0.2) is 0 Å². The first-order valence-electron chi connectivity index (χ1n) is 11.3. The molecule has 168 valence electrons. The number of ether oxygens (including phenoxy) is 2. The Hall–Kier alpha value is -2.37. The molecule has 1 heterocycles. The minimum Gasteiger partial charge on any atom is -0.493 e. The number of carbonyl (C=O) groups is 1. The molecule has 0 atom stereocenters. The van der Waals surface area contributed by atoms with Gasteiger partial charge in [-0.15, -0.1) is 0 Å². The van der Waals surface area contributed by atoms with Gasteiger partial charge in [-0.05, 0) is 68.5 Å². The van der Waals surface area contributed by atoms with Crippen LogP contribution < -0.4 is 9.47 Å². The van der Waals surface area contributed by atoms with E-state index >= 15 is 0 Å². The van der Waals surface area contributed by atoms with E-state index < -0.39 is 0 Å². The van der Waals surface area contributed by atoms with Gasteiger partial charge < -0.3 is 14.4 Å². The monoisotopic (exact) mass is 424 g/mol. The van der Waals surface area contributed by atoms with Crippen molar-refractivity contribution in [1.82, 2.24) is 9.80 Å². The molecule has 0 radical (unpaired) electrons. The Morgan fingerprint density at radius 1 is 0.935 bits per heavy atom. The molecule has 5 nitrogen and oxygen atoms in total. The van der Waals surface area contributed by atoms with Gasteiger partial charge in [0, 0.05) is 39.6 Å². The maximum absolute atomic E-state index is 11.3. The topological polar surface area (TPSA) is 42.0 Å². The highest BCUT2D eigenvalue weighted by atomic mass is 16.5. The third-order valence-electron chi connectivity index (χ3n) is 6.06. The van der Waals surface area contributed by atoms with Crippen LogP contribution in [-0.4, -0.2) is 55.1 Å². The summed E-state index contributed by atoms with van der Waals surface area (Å²) in [5.41, 5.74) is 4.34. The minimum absolute atomic E-state index is 0.292. The number of unbranched alkanes of at least 4 members (excludes halogenated alkanes) is 1. The highest BCUT2D eigenvalue weighted by molar-refractivity contribution is 5.71. The fourth-order valence-corrected chi connectivity index (χ4v) is 4.10. The fraction of sp³-hybridized carbons (Fsp3) is 0.500. The van der Waals surface area contributed by atoms with Crippen LogP contribution in [0.15, 0.2) is 36.4 Å². The molecule has 1 aliphatic heterocycles. The predicted octanol–water partition coefficient (Wildman–Crippen LogP) is 4.51.